The molecule has 1 rings (SSSR count). The van der Waals surface area contributed by atoms with Crippen LogP contribution in [0, 0.1) is 11.8 Å². The van der Waals surface area contributed by atoms with E-state index in [1.807, 2.05) is 0 Å². The molecule has 0 spiro atoms. The Hall–Kier alpha value is -0.900. The van der Waals surface area contributed by atoms with Gasteiger partial charge in [-0.15, -0.1) is 0 Å². The topological polar surface area (TPSA) is 52.6 Å². The van der Waals surface area contributed by atoms with Crippen LogP contribution in [-0.4, -0.2) is 25.7 Å². The third-order valence-corrected chi connectivity index (χ3v) is 2.95. The predicted molar refractivity (Wildman–Crippen MR) is 54.1 cm³/mol. The monoisotopic (exact) mass is 214 g/mol. The van der Waals surface area contributed by atoms with E-state index in [0.29, 0.717) is 0 Å². The second-order valence-corrected chi connectivity index (χ2v) is 4.03. The molecule has 4 heteroatoms. The molecule has 15 heavy (non-hydrogen) atoms. The molecule has 0 heterocycles. The van der Waals surface area contributed by atoms with Crippen molar-refractivity contribution in [3.05, 3.63) is 0 Å². The lowest BCUT2D eigenvalue weighted by molar-refractivity contribution is -0.160. The normalized spacial score (nSPS) is 26.0. The first-order chi connectivity index (χ1) is 7.15. The Labute approximate surface area is 89.9 Å². The zero-order valence-corrected chi connectivity index (χ0v) is 9.32. The van der Waals surface area contributed by atoms with Crippen molar-refractivity contribution in [2.24, 2.45) is 11.8 Å². The second-order valence-electron chi connectivity index (χ2n) is 4.03. The summed E-state index contributed by atoms with van der Waals surface area (Å²) >= 11 is 0. The molecule has 0 aromatic carbocycles. The van der Waals surface area contributed by atoms with Gasteiger partial charge in [0.25, 0.3) is 0 Å². The van der Waals surface area contributed by atoms with Gasteiger partial charge in [0.1, 0.15) is 5.78 Å². The van der Waals surface area contributed by atoms with E-state index in [2.05, 4.69) is 4.74 Å². The van der Waals surface area contributed by atoms with Crippen LogP contribution in [0.1, 0.15) is 32.6 Å². The summed E-state index contributed by atoms with van der Waals surface area (Å²) in [4.78, 5) is 22.6. The molecule has 4 nitrogen and oxygen atoms in total. The minimum absolute atomic E-state index is 0.0193. The lowest BCUT2D eigenvalue weighted by Gasteiger charge is -2.25. The lowest BCUT2D eigenvalue weighted by atomic mass is 9.80. The molecule has 0 aromatic heterocycles. The zero-order valence-electron chi connectivity index (χ0n) is 9.32. The van der Waals surface area contributed by atoms with Crippen molar-refractivity contribution in [2.45, 2.75) is 32.6 Å². The van der Waals surface area contributed by atoms with E-state index in [1.54, 1.807) is 6.92 Å². The van der Waals surface area contributed by atoms with E-state index >= 15 is 0 Å². The summed E-state index contributed by atoms with van der Waals surface area (Å²) in [6.45, 7) is 1.64. The largest absolute Gasteiger partial charge is 0.438 e. The predicted octanol–water partition coefficient (Wildman–Crippen LogP) is 1.53. The van der Waals surface area contributed by atoms with Crippen LogP contribution in [0.2, 0.25) is 0 Å². The molecule has 1 fully saturated rings. The van der Waals surface area contributed by atoms with Crippen molar-refractivity contribution in [1.82, 2.24) is 0 Å². The maximum atomic E-state index is 11.4. The van der Waals surface area contributed by atoms with Gasteiger partial charge in [0.15, 0.2) is 6.79 Å². The maximum absolute atomic E-state index is 11.4. The Morgan fingerprint density at radius 2 is 1.67 bits per heavy atom. The summed E-state index contributed by atoms with van der Waals surface area (Å²) in [5.41, 5.74) is 0. The molecule has 0 aromatic rings. The highest BCUT2D eigenvalue weighted by molar-refractivity contribution is 5.79. The highest BCUT2D eigenvalue weighted by atomic mass is 16.7. The first-order valence-electron chi connectivity index (χ1n) is 5.31. The van der Waals surface area contributed by atoms with Crippen molar-refractivity contribution in [3.63, 3.8) is 0 Å². The molecule has 0 radical (unpaired) electrons. The first-order valence-corrected chi connectivity index (χ1v) is 5.31. The van der Waals surface area contributed by atoms with Crippen molar-refractivity contribution < 1.29 is 19.1 Å². The lowest BCUT2D eigenvalue weighted by Crippen LogP contribution is -2.26. The van der Waals surface area contributed by atoms with Crippen molar-refractivity contribution >= 4 is 11.8 Å². The average molecular weight is 214 g/mol. The first kappa shape index (κ1) is 12.2. The van der Waals surface area contributed by atoms with Gasteiger partial charge in [-0.3, -0.25) is 9.59 Å². The Bertz CT molecular complexity index is 229. The summed E-state index contributed by atoms with van der Waals surface area (Å²) in [7, 11) is 1.49. The van der Waals surface area contributed by atoms with Crippen LogP contribution in [-0.2, 0) is 19.1 Å². The number of carbonyl (C=O) groups excluding carboxylic acids is 2. The Kier molecular flexibility index (Phi) is 4.75. The number of carbonyl (C=O) groups is 2. The zero-order chi connectivity index (χ0) is 11.3. The summed E-state index contributed by atoms with van der Waals surface area (Å²) in [6.07, 6.45) is 3.13. The summed E-state index contributed by atoms with van der Waals surface area (Å²) in [5.74, 6) is 0.143. The standard InChI is InChI=1S/C11H18O4/c1-8(12)9-3-5-10(6-4-9)11(13)15-7-14-2/h9-10H,3-7H2,1-2H3. The number of ether oxygens (including phenoxy) is 2. The number of methoxy groups -OCH3 is 1. The number of hydrogen-bond acceptors (Lipinski definition) is 4. The van der Waals surface area contributed by atoms with Gasteiger partial charge in [0.05, 0.1) is 5.92 Å². The Morgan fingerprint density at radius 3 is 2.13 bits per heavy atom. The number of esters is 1. The molecule has 1 saturated carbocycles. The van der Waals surface area contributed by atoms with Gasteiger partial charge < -0.3 is 9.47 Å². The van der Waals surface area contributed by atoms with Crippen LogP contribution in [0.15, 0.2) is 0 Å². The summed E-state index contributed by atoms with van der Waals surface area (Å²) < 4.78 is 9.55. The molecule has 0 saturated heterocycles. The third kappa shape index (κ3) is 3.63. The van der Waals surface area contributed by atoms with E-state index in [-0.39, 0.29) is 30.4 Å². The van der Waals surface area contributed by atoms with Gasteiger partial charge in [-0.05, 0) is 32.6 Å². The minimum Gasteiger partial charge on any atom is -0.438 e. The minimum atomic E-state index is -0.196. The van der Waals surface area contributed by atoms with Gasteiger partial charge in [-0.2, -0.15) is 0 Å². The highest BCUT2D eigenvalue weighted by Gasteiger charge is 2.29. The summed E-state index contributed by atoms with van der Waals surface area (Å²) in [6, 6.07) is 0. The molecule has 1 aliphatic rings. The van der Waals surface area contributed by atoms with E-state index in [4.69, 9.17) is 4.74 Å². The molecular formula is C11H18O4. The van der Waals surface area contributed by atoms with E-state index in [9.17, 15) is 9.59 Å². The molecule has 0 bridgehead atoms. The van der Waals surface area contributed by atoms with Gasteiger partial charge in [0.2, 0.25) is 0 Å². The number of rotatable bonds is 4. The van der Waals surface area contributed by atoms with Crippen molar-refractivity contribution in [3.8, 4) is 0 Å². The molecule has 86 valence electrons. The molecule has 0 amide bonds. The molecule has 0 unspecified atom stereocenters. The summed E-state index contributed by atoms with van der Waals surface area (Å²) in [5, 5.41) is 0. The van der Waals surface area contributed by atoms with Gasteiger partial charge in [-0.25, -0.2) is 0 Å². The quantitative estimate of drug-likeness (QED) is 0.526. The van der Waals surface area contributed by atoms with Crippen LogP contribution in [0.5, 0.6) is 0 Å². The van der Waals surface area contributed by atoms with Gasteiger partial charge >= 0.3 is 5.97 Å². The third-order valence-electron chi connectivity index (χ3n) is 2.95. The van der Waals surface area contributed by atoms with Crippen LogP contribution in [0.4, 0.5) is 0 Å². The van der Waals surface area contributed by atoms with E-state index in [0.717, 1.165) is 25.7 Å². The molecule has 1 aliphatic carbocycles. The van der Waals surface area contributed by atoms with E-state index < -0.39 is 0 Å². The van der Waals surface area contributed by atoms with Gasteiger partial charge in [0, 0.05) is 13.0 Å². The molecule has 0 aliphatic heterocycles. The Morgan fingerprint density at radius 1 is 1.13 bits per heavy atom. The fourth-order valence-electron chi connectivity index (χ4n) is 1.97. The molecular weight excluding hydrogens is 196 g/mol. The molecule has 0 atom stereocenters. The van der Waals surface area contributed by atoms with Gasteiger partial charge in [-0.1, -0.05) is 0 Å². The number of hydrogen-bond donors (Lipinski definition) is 0. The van der Waals surface area contributed by atoms with E-state index in [1.165, 1.54) is 7.11 Å². The highest BCUT2D eigenvalue weighted by Crippen LogP contribution is 2.29. The van der Waals surface area contributed by atoms with Crippen molar-refractivity contribution in [1.29, 1.82) is 0 Å². The fourth-order valence-corrected chi connectivity index (χ4v) is 1.97. The van der Waals surface area contributed by atoms with Crippen LogP contribution in [0.25, 0.3) is 0 Å². The average Bonchev–Trinajstić information content (AvgIpc) is 2.26. The smallest absolute Gasteiger partial charge is 0.311 e. The van der Waals surface area contributed by atoms with Crippen LogP contribution in [0.3, 0.4) is 0 Å². The Balaban J connectivity index is 2.30. The second kappa shape index (κ2) is 5.85. The SMILES string of the molecule is COCOC(=O)C1CCC(C(C)=O)CC1. The van der Waals surface area contributed by atoms with Crippen LogP contribution >= 0.6 is 0 Å². The fraction of sp³-hybridized carbons (Fsp3) is 0.818. The number of ketones is 1. The maximum Gasteiger partial charge on any atom is 0.311 e. The molecule has 0 N–H and O–H groups in total. The number of Topliss-reactive ketones (excluding diaryl/α,β-unsaturated/α-hetero) is 1. The van der Waals surface area contributed by atoms with Crippen LogP contribution < -0.4 is 0 Å². The van der Waals surface area contributed by atoms with Crippen molar-refractivity contribution in [2.75, 3.05) is 13.9 Å².